The molecule has 0 aliphatic carbocycles. The Labute approximate surface area is 215 Å². The van der Waals surface area contributed by atoms with Gasteiger partial charge in [0.1, 0.15) is 11.6 Å². The summed E-state index contributed by atoms with van der Waals surface area (Å²) in [4.78, 5) is 40.3. The Kier molecular flexibility index (Phi) is 6.54. The van der Waals surface area contributed by atoms with Crippen LogP contribution in [0.4, 0.5) is 27.5 Å². The maximum Gasteiger partial charge on any atom is 0.323 e. The summed E-state index contributed by atoms with van der Waals surface area (Å²) in [5, 5.41) is 5.50. The van der Waals surface area contributed by atoms with E-state index >= 15 is 0 Å². The molecule has 10 nitrogen and oxygen atoms in total. The van der Waals surface area contributed by atoms with E-state index in [1.165, 1.54) is 37.0 Å². The average Bonchev–Trinajstić information content (AvgIpc) is 3.72. The Hall–Kier alpha value is -3.47. The van der Waals surface area contributed by atoms with E-state index in [0.29, 0.717) is 18.2 Å². The van der Waals surface area contributed by atoms with Gasteiger partial charge in [0.15, 0.2) is 5.13 Å². The Balaban J connectivity index is 1.11. The van der Waals surface area contributed by atoms with E-state index in [2.05, 4.69) is 36.1 Å². The molecule has 0 bridgehead atoms. The number of nitrogens with zero attached hydrogens (tertiary/aromatic N) is 8. The molecule has 2 amide bonds. The second kappa shape index (κ2) is 10.3. The molecule has 3 aromatic heterocycles. The number of aromatic nitrogens is 4. The monoisotopic (exact) mass is 505 g/mol. The first-order chi connectivity index (χ1) is 17.7. The van der Waals surface area contributed by atoms with Crippen LogP contribution in [0, 0.1) is 0 Å². The zero-order valence-electron chi connectivity index (χ0n) is 20.3. The molecule has 1 N–H and O–H groups in total. The molecule has 11 heteroatoms. The minimum atomic E-state index is -0.111. The second-order valence-corrected chi connectivity index (χ2v) is 10.3. The van der Waals surface area contributed by atoms with Crippen LogP contribution in [0.3, 0.4) is 0 Å². The average molecular weight is 506 g/mol. The Morgan fingerprint density at radius 3 is 2.17 bits per heavy atom. The van der Waals surface area contributed by atoms with E-state index in [-0.39, 0.29) is 6.03 Å². The number of carbonyl (C=O) groups excluding carboxylic acids is 1. The predicted octanol–water partition coefficient (Wildman–Crippen LogP) is 3.55. The molecule has 3 aliphatic rings. The third-order valence-corrected chi connectivity index (χ3v) is 7.83. The number of hydrogen-bond donors (Lipinski definition) is 1. The van der Waals surface area contributed by atoms with Crippen molar-refractivity contribution >= 4 is 40.1 Å². The quantitative estimate of drug-likeness (QED) is 0.563. The van der Waals surface area contributed by atoms with Gasteiger partial charge in [-0.25, -0.2) is 9.78 Å². The van der Waals surface area contributed by atoms with Gasteiger partial charge in [0.2, 0.25) is 5.95 Å². The molecule has 0 atom stereocenters. The standard InChI is InChI=1S/C25H31N9OS/c35-25(30-24-27-20(18-36-24)19-6-5-7-26-17-19)34-14-12-32(13-15-34)22-16-21(31-8-1-2-9-31)28-23(29-22)33-10-3-4-11-33/h5-7,16-18H,1-4,8-15H2,(H,27,30,35). The van der Waals surface area contributed by atoms with E-state index in [1.807, 2.05) is 22.4 Å². The number of rotatable bonds is 5. The van der Waals surface area contributed by atoms with Crippen LogP contribution in [-0.2, 0) is 0 Å². The molecule has 3 aromatic rings. The fourth-order valence-electron chi connectivity index (χ4n) is 5.03. The summed E-state index contributed by atoms with van der Waals surface area (Å²) in [6.07, 6.45) is 8.34. The first kappa shape index (κ1) is 23.0. The van der Waals surface area contributed by atoms with Crippen LogP contribution in [0.1, 0.15) is 25.7 Å². The van der Waals surface area contributed by atoms with Crippen LogP contribution in [0.15, 0.2) is 36.0 Å². The molecule has 3 saturated heterocycles. The summed E-state index contributed by atoms with van der Waals surface area (Å²) < 4.78 is 0. The van der Waals surface area contributed by atoms with Crippen LogP contribution in [0.2, 0.25) is 0 Å². The van der Waals surface area contributed by atoms with Gasteiger partial charge in [0.05, 0.1) is 5.69 Å². The highest BCUT2D eigenvalue weighted by atomic mass is 32.1. The van der Waals surface area contributed by atoms with Gasteiger partial charge in [0, 0.05) is 81.8 Å². The third kappa shape index (κ3) is 4.92. The maximum absolute atomic E-state index is 12.9. The van der Waals surface area contributed by atoms with Crippen molar-refractivity contribution in [3.8, 4) is 11.3 Å². The summed E-state index contributed by atoms with van der Waals surface area (Å²) in [6.45, 7) is 6.91. The molecular formula is C25H31N9OS. The first-order valence-corrected chi connectivity index (χ1v) is 13.7. The van der Waals surface area contributed by atoms with Crippen LogP contribution in [0.5, 0.6) is 0 Å². The molecule has 0 spiro atoms. The largest absolute Gasteiger partial charge is 0.356 e. The maximum atomic E-state index is 12.9. The van der Waals surface area contributed by atoms with Gasteiger partial charge in [-0.3, -0.25) is 10.3 Å². The van der Waals surface area contributed by atoms with E-state index in [4.69, 9.17) is 9.97 Å². The molecule has 0 saturated carbocycles. The number of pyridine rings is 1. The van der Waals surface area contributed by atoms with Crippen LogP contribution >= 0.6 is 11.3 Å². The molecule has 0 aromatic carbocycles. The number of amides is 2. The second-order valence-electron chi connectivity index (χ2n) is 9.46. The van der Waals surface area contributed by atoms with Gasteiger partial charge < -0.3 is 19.6 Å². The molecule has 6 rings (SSSR count). The number of nitrogens with one attached hydrogen (secondary N) is 1. The lowest BCUT2D eigenvalue weighted by Gasteiger charge is -2.35. The number of hydrogen-bond acceptors (Lipinski definition) is 9. The smallest absolute Gasteiger partial charge is 0.323 e. The minimum absolute atomic E-state index is 0.111. The van der Waals surface area contributed by atoms with Crippen molar-refractivity contribution in [1.82, 2.24) is 24.8 Å². The lowest BCUT2D eigenvalue weighted by molar-refractivity contribution is 0.208. The predicted molar refractivity (Wildman–Crippen MR) is 143 cm³/mol. The molecule has 3 fully saturated rings. The normalized spacial score (nSPS) is 18.2. The van der Waals surface area contributed by atoms with Crippen molar-refractivity contribution in [3.63, 3.8) is 0 Å². The van der Waals surface area contributed by atoms with Crippen LogP contribution < -0.4 is 20.0 Å². The number of urea groups is 1. The first-order valence-electron chi connectivity index (χ1n) is 12.8. The molecule has 0 unspecified atom stereocenters. The van der Waals surface area contributed by atoms with E-state index in [1.54, 1.807) is 12.4 Å². The number of thiazole rings is 1. The van der Waals surface area contributed by atoms with Gasteiger partial charge in [-0.05, 0) is 37.8 Å². The minimum Gasteiger partial charge on any atom is -0.356 e. The van der Waals surface area contributed by atoms with E-state index < -0.39 is 0 Å². The zero-order chi connectivity index (χ0) is 24.3. The highest BCUT2D eigenvalue weighted by molar-refractivity contribution is 7.14. The lowest BCUT2D eigenvalue weighted by Crippen LogP contribution is -2.50. The summed E-state index contributed by atoms with van der Waals surface area (Å²) in [7, 11) is 0. The Bertz CT molecular complexity index is 1150. The molecule has 3 aliphatic heterocycles. The van der Waals surface area contributed by atoms with E-state index in [0.717, 1.165) is 68.1 Å². The number of anilines is 4. The van der Waals surface area contributed by atoms with Crippen molar-refractivity contribution in [3.05, 3.63) is 36.0 Å². The zero-order valence-corrected chi connectivity index (χ0v) is 21.2. The third-order valence-electron chi connectivity index (χ3n) is 7.07. The van der Waals surface area contributed by atoms with Gasteiger partial charge in [-0.2, -0.15) is 9.97 Å². The molecule has 188 valence electrons. The van der Waals surface area contributed by atoms with Gasteiger partial charge in [-0.15, -0.1) is 11.3 Å². The fraction of sp³-hybridized carbons (Fsp3) is 0.480. The molecular weight excluding hydrogens is 474 g/mol. The highest BCUT2D eigenvalue weighted by Gasteiger charge is 2.26. The number of piperazine rings is 1. The van der Waals surface area contributed by atoms with Gasteiger partial charge in [-0.1, -0.05) is 0 Å². The topological polar surface area (TPSA) is 93.6 Å². The summed E-state index contributed by atoms with van der Waals surface area (Å²) >= 11 is 1.43. The molecule has 36 heavy (non-hydrogen) atoms. The van der Waals surface area contributed by atoms with Crippen molar-refractivity contribution < 1.29 is 4.79 Å². The Morgan fingerprint density at radius 1 is 0.833 bits per heavy atom. The van der Waals surface area contributed by atoms with Gasteiger partial charge >= 0.3 is 6.03 Å². The van der Waals surface area contributed by atoms with Gasteiger partial charge in [0.25, 0.3) is 0 Å². The highest BCUT2D eigenvalue weighted by Crippen LogP contribution is 2.28. The molecule has 6 heterocycles. The summed E-state index contributed by atoms with van der Waals surface area (Å²) in [5.74, 6) is 2.85. The summed E-state index contributed by atoms with van der Waals surface area (Å²) in [5.41, 5.74) is 1.76. The fourth-order valence-corrected chi connectivity index (χ4v) is 5.74. The number of carbonyl (C=O) groups is 1. The van der Waals surface area contributed by atoms with Crippen LogP contribution in [-0.4, -0.2) is 83.2 Å². The SMILES string of the molecule is O=C(Nc1nc(-c2cccnc2)cs1)N1CCN(c2cc(N3CCCC3)nc(N3CCCC3)n2)CC1. The Morgan fingerprint density at radius 2 is 1.50 bits per heavy atom. The molecule has 0 radical (unpaired) electrons. The van der Waals surface area contributed by atoms with E-state index in [9.17, 15) is 4.79 Å². The van der Waals surface area contributed by atoms with Crippen molar-refractivity contribution in [2.45, 2.75) is 25.7 Å². The van der Waals surface area contributed by atoms with Crippen molar-refractivity contribution in [1.29, 1.82) is 0 Å². The van der Waals surface area contributed by atoms with Crippen molar-refractivity contribution in [2.24, 2.45) is 0 Å². The summed E-state index contributed by atoms with van der Waals surface area (Å²) in [6, 6.07) is 5.87. The van der Waals surface area contributed by atoms with Crippen LogP contribution in [0.25, 0.3) is 11.3 Å². The lowest BCUT2D eigenvalue weighted by atomic mass is 10.2. The van der Waals surface area contributed by atoms with Crippen molar-refractivity contribution in [2.75, 3.05) is 72.4 Å².